The number of hydrogen-bond donors (Lipinski definition) is 2. The second-order valence-corrected chi connectivity index (χ2v) is 4.66. The SMILES string of the molecule is CCCC(C)(O)C(=O)Nc1ccnc(Br)c1. The van der Waals surface area contributed by atoms with E-state index in [4.69, 9.17) is 0 Å². The fourth-order valence-corrected chi connectivity index (χ4v) is 1.71. The van der Waals surface area contributed by atoms with Gasteiger partial charge in [0.25, 0.3) is 5.91 Å². The molecule has 1 amide bonds. The van der Waals surface area contributed by atoms with E-state index in [9.17, 15) is 9.90 Å². The van der Waals surface area contributed by atoms with Crippen molar-refractivity contribution in [2.75, 3.05) is 5.32 Å². The molecular formula is C11H15BrN2O2. The first-order valence-electron chi connectivity index (χ1n) is 5.11. The molecule has 0 saturated heterocycles. The normalized spacial score (nSPS) is 14.2. The number of rotatable bonds is 4. The number of halogens is 1. The van der Waals surface area contributed by atoms with Gasteiger partial charge in [0, 0.05) is 11.9 Å². The lowest BCUT2D eigenvalue weighted by molar-refractivity contribution is -0.133. The van der Waals surface area contributed by atoms with Crippen molar-refractivity contribution in [1.29, 1.82) is 0 Å². The minimum Gasteiger partial charge on any atom is -0.380 e. The summed E-state index contributed by atoms with van der Waals surface area (Å²) in [6.07, 6.45) is 2.76. The number of nitrogens with zero attached hydrogens (tertiary/aromatic N) is 1. The first-order valence-corrected chi connectivity index (χ1v) is 5.90. The second-order valence-electron chi connectivity index (χ2n) is 3.85. The van der Waals surface area contributed by atoms with Crippen LogP contribution in [0.15, 0.2) is 22.9 Å². The van der Waals surface area contributed by atoms with Crippen LogP contribution in [-0.2, 0) is 4.79 Å². The van der Waals surface area contributed by atoms with Gasteiger partial charge in [0.05, 0.1) is 0 Å². The summed E-state index contributed by atoms with van der Waals surface area (Å²) in [6.45, 7) is 3.44. The van der Waals surface area contributed by atoms with Crippen LogP contribution < -0.4 is 5.32 Å². The smallest absolute Gasteiger partial charge is 0.256 e. The molecule has 0 spiro atoms. The molecule has 0 aliphatic carbocycles. The molecule has 88 valence electrons. The van der Waals surface area contributed by atoms with Crippen LogP contribution in [0.25, 0.3) is 0 Å². The molecule has 16 heavy (non-hydrogen) atoms. The first kappa shape index (κ1) is 13.1. The van der Waals surface area contributed by atoms with Crippen molar-refractivity contribution >= 4 is 27.5 Å². The number of carbonyl (C=O) groups excluding carboxylic acids is 1. The summed E-state index contributed by atoms with van der Waals surface area (Å²) in [5.74, 6) is -0.396. The maximum absolute atomic E-state index is 11.7. The highest BCUT2D eigenvalue weighted by Crippen LogP contribution is 2.17. The highest BCUT2D eigenvalue weighted by Gasteiger charge is 2.28. The molecule has 0 aliphatic heterocycles. The van der Waals surface area contributed by atoms with Crippen LogP contribution in [0.2, 0.25) is 0 Å². The van der Waals surface area contributed by atoms with E-state index < -0.39 is 11.5 Å². The maximum atomic E-state index is 11.7. The molecule has 0 aliphatic rings. The zero-order valence-electron chi connectivity index (χ0n) is 9.33. The fraction of sp³-hybridized carbons (Fsp3) is 0.455. The molecule has 0 bridgehead atoms. The molecule has 1 heterocycles. The predicted octanol–water partition coefficient (Wildman–Crippen LogP) is 2.33. The number of pyridine rings is 1. The zero-order chi connectivity index (χ0) is 12.2. The highest BCUT2D eigenvalue weighted by molar-refractivity contribution is 9.10. The fourth-order valence-electron chi connectivity index (χ4n) is 1.35. The van der Waals surface area contributed by atoms with Crippen molar-refractivity contribution in [2.24, 2.45) is 0 Å². The van der Waals surface area contributed by atoms with Crippen molar-refractivity contribution in [3.63, 3.8) is 0 Å². The summed E-state index contributed by atoms with van der Waals surface area (Å²) in [4.78, 5) is 15.7. The van der Waals surface area contributed by atoms with E-state index in [1.165, 1.54) is 6.92 Å². The van der Waals surface area contributed by atoms with Gasteiger partial charge in [-0.1, -0.05) is 13.3 Å². The van der Waals surface area contributed by atoms with Gasteiger partial charge in [-0.25, -0.2) is 4.98 Å². The van der Waals surface area contributed by atoms with Gasteiger partial charge in [-0.3, -0.25) is 4.79 Å². The number of nitrogens with one attached hydrogen (secondary N) is 1. The average molecular weight is 287 g/mol. The van der Waals surface area contributed by atoms with Crippen LogP contribution in [0, 0.1) is 0 Å². The standard InChI is InChI=1S/C11H15BrN2O2/c1-3-5-11(2,16)10(15)14-8-4-6-13-9(12)7-8/h4,6-7,16H,3,5H2,1-2H3,(H,13,14,15). The largest absolute Gasteiger partial charge is 0.380 e. The Kier molecular flexibility index (Phi) is 4.44. The van der Waals surface area contributed by atoms with Crippen LogP contribution in [0.5, 0.6) is 0 Å². The molecule has 5 heteroatoms. The minimum absolute atomic E-state index is 0.396. The third kappa shape index (κ3) is 3.57. The van der Waals surface area contributed by atoms with Crippen molar-refractivity contribution in [1.82, 2.24) is 4.98 Å². The molecule has 0 radical (unpaired) electrons. The lowest BCUT2D eigenvalue weighted by Crippen LogP contribution is -2.39. The molecule has 1 rings (SSSR count). The topological polar surface area (TPSA) is 62.2 Å². The Morgan fingerprint density at radius 1 is 1.69 bits per heavy atom. The minimum atomic E-state index is -1.33. The predicted molar refractivity (Wildman–Crippen MR) is 66.1 cm³/mol. The Morgan fingerprint density at radius 2 is 2.38 bits per heavy atom. The van der Waals surface area contributed by atoms with Crippen LogP contribution in [0.3, 0.4) is 0 Å². The molecule has 0 aromatic carbocycles. The van der Waals surface area contributed by atoms with Crippen LogP contribution in [0.4, 0.5) is 5.69 Å². The number of aromatic nitrogens is 1. The number of anilines is 1. The third-order valence-corrected chi connectivity index (χ3v) is 2.64. The van der Waals surface area contributed by atoms with Gasteiger partial charge in [-0.15, -0.1) is 0 Å². The van der Waals surface area contributed by atoms with Gasteiger partial charge in [0.1, 0.15) is 10.2 Å². The van der Waals surface area contributed by atoms with Crippen molar-refractivity contribution in [2.45, 2.75) is 32.3 Å². The van der Waals surface area contributed by atoms with Gasteiger partial charge in [0.2, 0.25) is 0 Å². The maximum Gasteiger partial charge on any atom is 0.256 e. The highest BCUT2D eigenvalue weighted by atomic mass is 79.9. The lowest BCUT2D eigenvalue weighted by atomic mass is 10.00. The molecule has 2 N–H and O–H groups in total. The van der Waals surface area contributed by atoms with Gasteiger partial charge in [0.15, 0.2) is 0 Å². The number of carbonyl (C=O) groups is 1. The number of amides is 1. The quantitative estimate of drug-likeness (QED) is 0.835. The van der Waals surface area contributed by atoms with E-state index in [1.807, 2.05) is 6.92 Å². The van der Waals surface area contributed by atoms with E-state index in [2.05, 4.69) is 26.2 Å². The number of aliphatic hydroxyl groups is 1. The molecule has 1 aromatic rings. The van der Waals surface area contributed by atoms with E-state index in [1.54, 1.807) is 18.3 Å². The molecule has 0 saturated carbocycles. The summed E-state index contributed by atoms with van der Waals surface area (Å²) >= 11 is 3.21. The third-order valence-electron chi connectivity index (χ3n) is 2.21. The van der Waals surface area contributed by atoms with Crippen LogP contribution in [0.1, 0.15) is 26.7 Å². The van der Waals surface area contributed by atoms with Crippen LogP contribution >= 0.6 is 15.9 Å². The summed E-state index contributed by atoms with van der Waals surface area (Å²) in [5.41, 5.74) is -0.715. The monoisotopic (exact) mass is 286 g/mol. The zero-order valence-corrected chi connectivity index (χ0v) is 10.9. The van der Waals surface area contributed by atoms with E-state index in [0.29, 0.717) is 16.7 Å². The Labute approximate surface area is 103 Å². The van der Waals surface area contributed by atoms with Crippen molar-refractivity contribution in [3.8, 4) is 0 Å². The number of hydrogen-bond acceptors (Lipinski definition) is 3. The molecule has 0 fully saturated rings. The van der Waals surface area contributed by atoms with Crippen molar-refractivity contribution < 1.29 is 9.90 Å². The van der Waals surface area contributed by atoms with Gasteiger partial charge in [-0.05, 0) is 41.4 Å². The van der Waals surface area contributed by atoms with Gasteiger partial charge in [-0.2, -0.15) is 0 Å². The van der Waals surface area contributed by atoms with E-state index in [-0.39, 0.29) is 0 Å². The van der Waals surface area contributed by atoms with Gasteiger partial charge >= 0.3 is 0 Å². The lowest BCUT2D eigenvalue weighted by Gasteiger charge is -2.21. The van der Waals surface area contributed by atoms with E-state index in [0.717, 1.165) is 6.42 Å². The second kappa shape index (κ2) is 5.41. The van der Waals surface area contributed by atoms with Crippen LogP contribution in [-0.4, -0.2) is 21.6 Å². The Balaban J connectivity index is 2.71. The molecule has 4 nitrogen and oxygen atoms in total. The Bertz CT molecular complexity index is 380. The summed E-state index contributed by atoms with van der Waals surface area (Å²) < 4.78 is 0.639. The summed E-state index contributed by atoms with van der Waals surface area (Å²) in [7, 11) is 0. The summed E-state index contributed by atoms with van der Waals surface area (Å²) in [5, 5.41) is 12.5. The average Bonchev–Trinajstić information content (AvgIpc) is 2.17. The first-order chi connectivity index (χ1) is 7.45. The van der Waals surface area contributed by atoms with Crippen molar-refractivity contribution in [3.05, 3.63) is 22.9 Å². The Hall–Kier alpha value is -0.940. The molecule has 1 aromatic heterocycles. The molecule has 1 atom stereocenters. The molecule has 1 unspecified atom stereocenters. The Morgan fingerprint density at radius 3 is 2.94 bits per heavy atom. The van der Waals surface area contributed by atoms with E-state index >= 15 is 0 Å². The summed E-state index contributed by atoms with van der Waals surface area (Å²) in [6, 6.07) is 3.35. The molecular weight excluding hydrogens is 272 g/mol. The van der Waals surface area contributed by atoms with Gasteiger partial charge < -0.3 is 10.4 Å².